The minimum atomic E-state index is -0.945. The Kier molecular flexibility index (Phi) is 3.51. The van der Waals surface area contributed by atoms with E-state index in [0.717, 1.165) is 10.8 Å². The van der Waals surface area contributed by atoms with Crippen molar-refractivity contribution in [1.29, 1.82) is 0 Å². The number of carbonyl (C=O) groups is 2. The van der Waals surface area contributed by atoms with E-state index in [4.69, 9.17) is 5.11 Å². The van der Waals surface area contributed by atoms with Gasteiger partial charge < -0.3 is 10.4 Å². The summed E-state index contributed by atoms with van der Waals surface area (Å²) < 4.78 is 0. The van der Waals surface area contributed by atoms with Gasteiger partial charge in [0.2, 0.25) is 5.91 Å². The van der Waals surface area contributed by atoms with Gasteiger partial charge in [0, 0.05) is 11.6 Å². The van der Waals surface area contributed by atoms with Gasteiger partial charge in [0.15, 0.2) is 0 Å². The molecule has 0 aromatic heterocycles. The molecule has 0 heterocycles. The molecule has 0 aliphatic rings. The zero-order chi connectivity index (χ0) is 14.0. The van der Waals surface area contributed by atoms with Crippen LogP contribution in [0.1, 0.15) is 24.2 Å². The molecule has 0 fully saturated rings. The third-order valence-electron chi connectivity index (χ3n) is 2.88. The number of rotatable bonds is 3. The second-order valence-corrected chi connectivity index (χ2v) is 4.73. The predicted molar refractivity (Wildman–Crippen MR) is 74.4 cm³/mol. The zero-order valence-corrected chi connectivity index (χ0v) is 10.8. The highest BCUT2D eigenvalue weighted by Gasteiger charge is 2.08. The Morgan fingerprint density at radius 3 is 2.32 bits per heavy atom. The molecular weight excluding hydrogens is 242 g/mol. The second kappa shape index (κ2) is 5.10. The first kappa shape index (κ1) is 13.1. The van der Waals surface area contributed by atoms with Gasteiger partial charge in [0.1, 0.15) is 0 Å². The van der Waals surface area contributed by atoms with Gasteiger partial charge in [-0.2, -0.15) is 0 Å². The molecule has 0 atom stereocenters. The highest BCUT2D eigenvalue weighted by Crippen LogP contribution is 2.21. The van der Waals surface area contributed by atoms with Crippen molar-refractivity contribution in [1.82, 2.24) is 0 Å². The van der Waals surface area contributed by atoms with Gasteiger partial charge in [-0.15, -0.1) is 0 Å². The number of anilines is 1. The van der Waals surface area contributed by atoms with E-state index in [1.165, 1.54) is 0 Å². The van der Waals surface area contributed by atoms with Crippen LogP contribution in [-0.4, -0.2) is 17.0 Å². The quantitative estimate of drug-likeness (QED) is 0.887. The summed E-state index contributed by atoms with van der Waals surface area (Å²) in [5, 5.41) is 13.5. The molecule has 0 unspecified atom stereocenters. The summed E-state index contributed by atoms with van der Waals surface area (Å²) in [6.45, 7) is 3.66. The molecule has 0 saturated carbocycles. The van der Waals surface area contributed by atoms with E-state index in [9.17, 15) is 9.59 Å². The summed E-state index contributed by atoms with van der Waals surface area (Å²) in [4.78, 5) is 22.5. The van der Waals surface area contributed by atoms with Gasteiger partial charge in [-0.1, -0.05) is 26.0 Å². The number of hydrogen-bond donors (Lipinski definition) is 2. The Morgan fingerprint density at radius 2 is 1.68 bits per heavy atom. The first-order valence-electron chi connectivity index (χ1n) is 6.05. The Labute approximate surface area is 111 Å². The summed E-state index contributed by atoms with van der Waals surface area (Å²) in [6, 6.07) is 10.3. The van der Waals surface area contributed by atoms with Crippen LogP contribution in [0.3, 0.4) is 0 Å². The molecule has 98 valence electrons. The van der Waals surface area contributed by atoms with E-state index < -0.39 is 5.97 Å². The van der Waals surface area contributed by atoms with Crippen molar-refractivity contribution < 1.29 is 14.7 Å². The largest absolute Gasteiger partial charge is 0.478 e. The molecule has 2 aromatic carbocycles. The fourth-order valence-electron chi connectivity index (χ4n) is 1.74. The van der Waals surface area contributed by atoms with E-state index in [1.807, 2.05) is 19.9 Å². The number of fused-ring (bicyclic) bond motifs is 1. The van der Waals surface area contributed by atoms with Gasteiger partial charge in [-0.3, -0.25) is 4.79 Å². The fourth-order valence-corrected chi connectivity index (χ4v) is 1.74. The smallest absolute Gasteiger partial charge is 0.335 e. The standard InChI is InChI=1S/C15H15NO3/c1-9(2)14(17)16-13-6-5-10-7-12(15(18)19)4-3-11(10)8-13/h3-9H,1-2H3,(H,16,17)(H,18,19). The fraction of sp³-hybridized carbons (Fsp3) is 0.200. The van der Waals surface area contributed by atoms with Crippen molar-refractivity contribution in [3.63, 3.8) is 0 Å². The molecule has 0 aliphatic carbocycles. The number of nitrogens with one attached hydrogen (secondary N) is 1. The number of carbonyl (C=O) groups excluding carboxylic acids is 1. The maximum atomic E-state index is 11.6. The Morgan fingerprint density at radius 1 is 1.05 bits per heavy atom. The molecule has 0 saturated heterocycles. The zero-order valence-electron chi connectivity index (χ0n) is 10.8. The Balaban J connectivity index is 2.34. The summed E-state index contributed by atoms with van der Waals surface area (Å²) in [6.07, 6.45) is 0. The monoisotopic (exact) mass is 257 g/mol. The van der Waals surface area contributed by atoms with Gasteiger partial charge >= 0.3 is 5.97 Å². The molecule has 1 amide bonds. The van der Waals surface area contributed by atoms with Crippen molar-refractivity contribution in [2.45, 2.75) is 13.8 Å². The first-order chi connectivity index (χ1) is 8.97. The van der Waals surface area contributed by atoms with E-state index in [-0.39, 0.29) is 17.4 Å². The molecule has 4 nitrogen and oxygen atoms in total. The Bertz CT molecular complexity index is 647. The molecule has 0 spiro atoms. The van der Waals surface area contributed by atoms with Gasteiger partial charge in [-0.05, 0) is 35.0 Å². The minimum absolute atomic E-state index is 0.0403. The van der Waals surface area contributed by atoms with E-state index >= 15 is 0 Å². The van der Waals surface area contributed by atoms with E-state index in [2.05, 4.69) is 5.32 Å². The maximum absolute atomic E-state index is 11.6. The summed E-state index contributed by atoms with van der Waals surface area (Å²) in [5.74, 6) is -1.06. The molecule has 0 aliphatic heterocycles. The summed E-state index contributed by atoms with van der Waals surface area (Å²) in [5.41, 5.74) is 0.973. The molecule has 2 rings (SSSR count). The molecule has 2 N–H and O–H groups in total. The highest BCUT2D eigenvalue weighted by molar-refractivity contribution is 5.98. The lowest BCUT2D eigenvalue weighted by Crippen LogP contribution is -2.17. The lowest BCUT2D eigenvalue weighted by Gasteiger charge is -2.09. The van der Waals surface area contributed by atoms with E-state index in [1.54, 1.807) is 30.3 Å². The third-order valence-corrected chi connectivity index (χ3v) is 2.88. The highest BCUT2D eigenvalue weighted by atomic mass is 16.4. The normalized spacial score (nSPS) is 10.7. The number of hydrogen-bond acceptors (Lipinski definition) is 2. The average molecular weight is 257 g/mol. The van der Waals surface area contributed by atoms with Crippen molar-refractivity contribution in [2.24, 2.45) is 5.92 Å². The lowest BCUT2D eigenvalue weighted by molar-refractivity contribution is -0.118. The summed E-state index contributed by atoms with van der Waals surface area (Å²) >= 11 is 0. The van der Waals surface area contributed by atoms with Crippen molar-refractivity contribution in [2.75, 3.05) is 5.32 Å². The van der Waals surface area contributed by atoms with E-state index in [0.29, 0.717) is 5.69 Å². The SMILES string of the molecule is CC(C)C(=O)Nc1ccc2cc(C(=O)O)ccc2c1. The molecule has 0 radical (unpaired) electrons. The third kappa shape index (κ3) is 2.91. The van der Waals surface area contributed by atoms with Crippen LogP contribution in [0.2, 0.25) is 0 Å². The van der Waals surface area contributed by atoms with Crippen LogP contribution >= 0.6 is 0 Å². The Hall–Kier alpha value is -2.36. The van der Waals surface area contributed by atoms with Crippen LogP contribution < -0.4 is 5.32 Å². The van der Waals surface area contributed by atoms with Crippen molar-refractivity contribution >= 4 is 28.3 Å². The molecular formula is C15H15NO3. The number of benzene rings is 2. The minimum Gasteiger partial charge on any atom is -0.478 e. The van der Waals surface area contributed by atoms with Crippen molar-refractivity contribution in [3.8, 4) is 0 Å². The van der Waals surface area contributed by atoms with Crippen LogP contribution in [0.15, 0.2) is 36.4 Å². The van der Waals surface area contributed by atoms with Gasteiger partial charge in [-0.25, -0.2) is 4.79 Å². The van der Waals surface area contributed by atoms with Gasteiger partial charge in [0.05, 0.1) is 5.56 Å². The van der Waals surface area contributed by atoms with Crippen LogP contribution in [-0.2, 0) is 4.79 Å². The van der Waals surface area contributed by atoms with Crippen molar-refractivity contribution in [3.05, 3.63) is 42.0 Å². The number of carboxylic acids is 1. The second-order valence-electron chi connectivity index (χ2n) is 4.73. The van der Waals surface area contributed by atoms with Crippen LogP contribution in [0.4, 0.5) is 5.69 Å². The van der Waals surface area contributed by atoms with Crippen LogP contribution in [0.25, 0.3) is 10.8 Å². The molecule has 4 heteroatoms. The molecule has 19 heavy (non-hydrogen) atoms. The molecule has 0 bridgehead atoms. The van der Waals surface area contributed by atoms with Crippen LogP contribution in [0.5, 0.6) is 0 Å². The number of amides is 1. The van der Waals surface area contributed by atoms with Crippen LogP contribution in [0, 0.1) is 5.92 Å². The lowest BCUT2D eigenvalue weighted by atomic mass is 10.1. The predicted octanol–water partition coefficient (Wildman–Crippen LogP) is 3.13. The summed E-state index contributed by atoms with van der Waals surface area (Å²) in [7, 11) is 0. The average Bonchev–Trinajstić information content (AvgIpc) is 2.37. The maximum Gasteiger partial charge on any atom is 0.335 e. The van der Waals surface area contributed by atoms with Gasteiger partial charge in [0.25, 0.3) is 0 Å². The first-order valence-corrected chi connectivity index (χ1v) is 6.05. The number of carboxylic acid groups (broad SMARTS) is 1. The molecule has 2 aromatic rings. The number of aromatic carboxylic acids is 1. The topological polar surface area (TPSA) is 66.4 Å².